The molecule has 1 amide bonds. The molecule has 0 bridgehead atoms. The number of benzene rings is 1. The first-order chi connectivity index (χ1) is 10.8. The van der Waals surface area contributed by atoms with Crippen LogP contribution in [-0.4, -0.2) is 57.2 Å². The molecule has 2 aliphatic rings. The van der Waals surface area contributed by atoms with Gasteiger partial charge in [0, 0.05) is 30.6 Å². The molecule has 114 valence electrons. The molecule has 1 unspecified atom stereocenters. The van der Waals surface area contributed by atoms with Gasteiger partial charge in [-0.25, -0.2) is 4.68 Å². The van der Waals surface area contributed by atoms with Gasteiger partial charge in [0.2, 0.25) is 0 Å². The highest BCUT2D eigenvalue weighted by Gasteiger charge is 2.41. The summed E-state index contributed by atoms with van der Waals surface area (Å²) in [6.07, 6.45) is 3.82. The highest BCUT2D eigenvalue weighted by Crippen LogP contribution is 2.36. The number of likely N-dealkylation sites (tertiary alicyclic amines) is 1. The number of amides is 1. The van der Waals surface area contributed by atoms with Crippen LogP contribution in [0.3, 0.4) is 0 Å². The Morgan fingerprint density at radius 2 is 2.09 bits per heavy atom. The molecule has 0 radical (unpaired) electrons. The summed E-state index contributed by atoms with van der Waals surface area (Å²) in [5.41, 5.74) is 1.88. The van der Waals surface area contributed by atoms with Crippen LogP contribution in [0.1, 0.15) is 23.2 Å². The Bertz CT molecular complexity index is 660. The minimum Gasteiger partial charge on any atom is -0.338 e. The molecule has 0 aliphatic carbocycles. The van der Waals surface area contributed by atoms with E-state index in [1.807, 2.05) is 29.2 Å². The Morgan fingerprint density at radius 3 is 2.77 bits per heavy atom. The van der Waals surface area contributed by atoms with E-state index < -0.39 is 0 Å². The monoisotopic (exact) mass is 298 g/mol. The zero-order valence-corrected chi connectivity index (χ0v) is 12.3. The van der Waals surface area contributed by atoms with Crippen LogP contribution in [0.2, 0.25) is 0 Å². The largest absolute Gasteiger partial charge is 0.338 e. The third-order valence-corrected chi connectivity index (χ3v) is 4.79. The van der Waals surface area contributed by atoms with Gasteiger partial charge in [0.15, 0.2) is 0 Å². The van der Waals surface area contributed by atoms with Gasteiger partial charge in [0.25, 0.3) is 5.91 Å². The quantitative estimate of drug-likeness (QED) is 0.873. The van der Waals surface area contributed by atoms with E-state index in [1.54, 1.807) is 4.68 Å². The fourth-order valence-electron chi connectivity index (χ4n) is 3.47. The van der Waals surface area contributed by atoms with Gasteiger partial charge in [-0.05, 0) is 54.1 Å². The maximum absolute atomic E-state index is 12.6. The van der Waals surface area contributed by atoms with Gasteiger partial charge in [-0.1, -0.05) is 0 Å². The van der Waals surface area contributed by atoms with Crippen molar-refractivity contribution in [3.63, 3.8) is 0 Å². The number of hydrogen-bond donors (Lipinski definition) is 1. The normalized spacial score (nSPS) is 24.3. The van der Waals surface area contributed by atoms with E-state index in [4.69, 9.17) is 0 Å². The SMILES string of the molecule is O=C(c1ccc(-n2cnnn2)cc1)N1CCC2(CCNC2)C1. The smallest absolute Gasteiger partial charge is 0.253 e. The number of carbonyl (C=O) groups is 1. The zero-order chi connectivity index (χ0) is 15.0. The maximum atomic E-state index is 12.6. The van der Waals surface area contributed by atoms with E-state index in [-0.39, 0.29) is 5.91 Å². The van der Waals surface area contributed by atoms with Crippen LogP contribution in [0.15, 0.2) is 30.6 Å². The summed E-state index contributed by atoms with van der Waals surface area (Å²) < 4.78 is 1.57. The van der Waals surface area contributed by atoms with Crippen molar-refractivity contribution in [3.05, 3.63) is 36.2 Å². The lowest BCUT2D eigenvalue weighted by Gasteiger charge is -2.22. The molecule has 2 saturated heterocycles. The van der Waals surface area contributed by atoms with E-state index in [2.05, 4.69) is 20.8 Å². The fourth-order valence-corrected chi connectivity index (χ4v) is 3.47. The second-order valence-electron chi connectivity index (χ2n) is 6.20. The number of rotatable bonds is 2. The molecule has 22 heavy (non-hydrogen) atoms. The van der Waals surface area contributed by atoms with Crippen molar-refractivity contribution in [1.29, 1.82) is 0 Å². The molecule has 1 aromatic carbocycles. The maximum Gasteiger partial charge on any atom is 0.253 e. The van der Waals surface area contributed by atoms with Crippen LogP contribution in [0.4, 0.5) is 0 Å². The van der Waals surface area contributed by atoms with Gasteiger partial charge in [0.05, 0.1) is 5.69 Å². The first-order valence-electron chi connectivity index (χ1n) is 7.59. The summed E-state index contributed by atoms with van der Waals surface area (Å²) >= 11 is 0. The number of nitrogens with zero attached hydrogens (tertiary/aromatic N) is 5. The molecule has 1 spiro atoms. The first-order valence-corrected chi connectivity index (χ1v) is 7.59. The van der Waals surface area contributed by atoms with Gasteiger partial charge < -0.3 is 10.2 Å². The van der Waals surface area contributed by atoms with Crippen molar-refractivity contribution in [2.45, 2.75) is 12.8 Å². The first kappa shape index (κ1) is 13.4. The van der Waals surface area contributed by atoms with E-state index >= 15 is 0 Å². The van der Waals surface area contributed by atoms with Gasteiger partial charge in [-0.15, -0.1) is 5.10 Å². The molecule has 1 atom stereocenters. The van der Waals surface area contributed by atoms with Crippen LogP contribution in [0.25, 0.3) is 5.69 Å². The number of tetrazole rings is 1. The Morgan fingerprint density at radius 1 is 1.23 bits per heavy atom. The highest BCUT2D eigenvalue weighted by molar-refractivity contribution is 5.94. The second kappa shape index (κ2) is 5.17. The molecular formula is C15H18N6O. The summed E-state index contributed by atoms with van der Waals surface area (Å²) in [5.74, 6) is 0.118. The average Bonchev–Trinajstić information content (AvgIpc) is 3.30. The van der Waals surface area contributed by atoms with Gasteiger partial charge >= 0.3 is 0 Å². The highest BCUT2D eigenvalue weighted by atomic mass is 16.2. The summed E-state index contributed by atoms with van der Waals surface area (Å²) in [6, 6.07) is 7.42. The molecule has 2 fully saturated rings. The summed E-state index contributed by atoms with van der Waals surface area (Å²) in [7, 11) is 0. The van der Waals surface area contributed by atoms with Crippen LogP contribution in [0.5, 0.6) is 0 Å². The van der Waals surface area contributed by atoms with Crippen molar-refractivity contribution in [2.75, 3.05) is 26.2 Å². The molecule has 1 N–H and O–H groups in total. The van der Waals surface area contributed by atoms with E-state index in [0.717, 1.165) is 43.9 Å². The molecular weight excluding hydrogens is 280 g/mol. The van der Waals surface area contributed by atoms with Crippen molar-refractivity contribution < 1.29 is 4.79 Å². The average molecular weight is 298 g/mol. The van der Waals surface area contributed by atoms with Gasteiger partial charge in [-0.2, -0.15) is 0 Å². The van der Waals surface area contributed by atoms with Crippen LogP contribution in [-0.2, 0) is 0 Å². The van der Waals surface area contributed by atoms with Gasteiger partial charge in [-0.3, -0.25) is 4.79 Å². The van der Waals surface area contributed by atoms with Crippen molar-refractivity contribution in [3.8, 4) is 5.69 Å². The lowest BCUT2D eigenvalue weighted by atomic mass is 9.86. The lowest BCUT2D eigenvalue weighted by Crippen LogP contribution is -2.33. The predicted octanol–water partition coefficient (Wildman–Crippen LogP) is 0.488. The third-order valence-electron chi connectivity index (χ3n) is 4.79. The van der Waals surface area contributed by atoms with Crippen molar-refractivity contribution in [1.82, 2.24) is 30.4 Å². The Balaban J connectivity index is 1.49. The minimum atomic E-state index is 0.118. The second-order valence-corrected chi connectivity index (χ2v) is 6.20. The molecule has 7 heteroatoms. The molecule has 2 aliphatic heterocycles. The molecule has 3 heterocycles. The Hall–Kier alpha value is -2.28. The predicted molar refractivity (Wildman–Crippen MR) is 79.6 cm³/mol. The zero-order valence-electron chi connectivity index (χ0n) is 12.3. The minimum absolute atomic E-state index is 0.118. The van der Waals surface area contributed by atoms with E-state index in [1.165, 1.54) is 12.7 Å². The standard InChI is InChI=1S/C15H18N6O/c22-14(20-8-6-15(10-20)5-7-16-9-15)12-1-3-13(4-2-12)21-11-17-18-19-21/h1-4,11,16H,5-10H2. The number of aromatic nitrogens is 4. The molecule has 7 nitrogen and oxygen atoms in total. The van der Waals surface area contributed by atoms with Crippen molar-refractivity contribution in [2.24, 2.45) is 5.41 Å². The molecule has 4 rings (SSSR count). The van der Waals surface area contributed by atoms with Gasteiger partial charge in [0.1, 0.15) is 6.33 Å². The van der Waals surface area contributed by atoms with Crippen LogP contribution >= 0.6 is 0 Å². The fraction of sp³-hybridized carbons (Fsp3) is 0.467. The molecule has 2 aromatic rings. The van der Waals surface area contributed by atoms with Crippen LogP contribution < -0.4 is 5.32 Å². The van der Waals surface area contributed by atoms with Crippen LogP contribution in [0, 0.1) is 5.41 Å². The lowest BCUT2D eigenvalue weighted by molar-refractivity contribution is 0.0775. The Kier molecular flexibility index (Phi) is 3.15. The number of nitrogens with one attached hydrogen (secondary N) is 1. The van der Waals surface area contributed by atoms with Crippen molar-refractivity contribution >= 4 is 5.91 Å². The summed E-state index contributed by atoms with van der Waals surface area (Å²) in [5, 5.41) is 14.5. The Labute approximate surface area is 128 Å². The number of carbonyl (C=O) groups excluding carboxylic acids is 1. The summed E-state index contributed by atoms with van der Waals surface area (Å²) in [4.78, 5) is 14.6. The number of hydrogen-bond acceptors (Lipinski definition) is 5. The third kappa shape index (κ3) is 2.27. The molecule has 1 aromatic heterocycles. The van der Waals surface area contributed by atoms with E-state index in [0.29, 0.717) is 5.41 Å². The molecule has 0 saturated carbocycles. The topological polar surface area (TPSA) is 75.9 Å². The summed E-state index contributed by atoms with van der Waals surface area (Å²) in [6.45, 7) is 3.83. The van der Waals surface area contributed by atoms with E-state index in [9.17, 15) is 4.79 Å².